The molecule has 0 bridgehead atoms. The van der Waals surface area contributed by atoms with Gasteiger partial charge in [-0.3, -0.25) is 0 Å². The summed E-state index contributed by atoms with van der Waals surface area (Å²) in [5.74, 6) is 0.770. The number of hydrogen-bond acceptors (Lipinski definition) is 3. The summed E-state index contributed by atoms with van der Waals surface area (Å²) in [6.07, 6.45) is 0. The summed E-state index contributed by atoms with van der Waals surface area (Å²) in [5.41, 5.74) is 0.977. The van der Waals surface area contributed by atoms with Crippen molar-refractivity contribution in [2.45, 2.75) is 19.8 Å². The first-order valence-corrected chi connectivity index (χ1v) is 5.70. The zero-order valence-electron chi connectivity index (χ0n) is 9.11. The smallest absolute Gasteiger partial charge is 0.260 e. The van der Waals surface area contributed by atoms with Crippen molar-refractivity contribution in [1.82, 2.24) is 0 Å². The van der Waals surface area contributed by atoms with Crippen LogP contribution in [0.5, 0.6) is 5.75 Å². The molecule has 0 spiro atoms. The van der Waals surface area contributed by atoms with Gasteiger partial charge in [-0.25, -0.2) is 0 Å². The molecule has 0 aliphatic heterocycles. The molecule has 1 atom stereocenters. The van der Waals surface area contributed by atoms with E-state index < -0.39 is 0 Å². The van der Waals surface area contributed by atoms with Crippen LogP contribution in [-0.4, -0.2) is 4.51 Å². The van der Waals surface area contributed by atoms with E-state index in [4.69, 9.17) is 21.6 Å². The third-order valence-electron chi connectivity index (χ3n) is 2.24. The first-order chi connectivity index (χ1) is 7.54. The van der Waals surface area contributed by atoms with Gasteiger partial charge in [0.15, 0.2) is 0 Å². The lowest BCUT2D eigenvalue weighted by atomic mass is 9.90. The third-order valence-corrected chi connectivity index (χ3v) is 2.40. The van der Waals surface area contributed by atoms with Crippen molar-refractivity contribution < 1.29 is 4.74 Å². The molecule has 0 fully saturated rings. The predicted molar refractivity (Wildman–Crippen MR) is 68.7 cm³/mol. The Bertz CT molecular complexity index is 408. The molecule has 0 heterocycles. The Balaban J connectivity index is 2.86. The molecule has 0 radical (unpaired) electrons. The molecule has 84 valence electrons. The summed E-state index contributed by atoms with van der Waals surface area (Å²) in [4.78, 5) is 0. The quantitative estimate of drug-likeness (QED) is 0.606. The van der Waals surface area contributed by atoms with Crippen molar-refractivity contribution >= 4 is 28.3 Å². The number of benzene rings is 1. The van der Waals surface area contributed by atoms with Gasteiger partial charge in [-0.2, -0.15) is 5.26 Å². The summed E-state index contributed by atoms with van der Waals surface area (Å²) >= 11 is 10.1. The molecule has 16 heavy (non-hydrogen) atoms. The zero-order chi connectivity index (χ0) is 12.1. The van der Waals surface area contributed by atoms with E-state index in [-0.39, 0.29) is 16.3 Å². The summed E-state index contributed by atoms with van der Waals surface area (Å²) in [6.45, 7) is 4.04. The van der Waals surface area contributed by atoms with Crippen molar-refractivity contribution in [2.75, 3.05) is 0 Å². The lowest BCUT2D eigenvalue weighted by Crippen LogP contribution is -2.04. The minimum Gasteiger partial charge on any atom is -0.436 e. The molecule has 1 aromatic carbocycles. The number of nitrogens with zero attached hydrogens (tertiary/aromatic N) is 1. The van der Waals surface area contributed by atoms with E-state index >= 15 is 0 Å². The highest BCUT2D eigenvalue weighted by Gasteiger charge is 2.14. The number of ether oxygens (including phenoxy) is 1. The van der Waals surface area contributed by atoms with Gasteiger partial charge in [-0.05, 0) is 47.4 Å². The van der Waals surface area contributed by atoms with Crippen LogP contribution in [0, 0.1) is 17.2 Å². The topological polar surface area (TPSA) is 33.0 Å². The van der Waals surface area contributed by atoms with Gasteiger partial charge in [0, 0.05) is 0 Å². The zero-order valence-corrected chi connectivity index (χ0v) is 10.7. The maximum absolute atomic E-state index is 9.04. The molecule has 0 saturated carbocycles. The minimum atomic E-state index is -0.1000. The minimum absolute atomic E-state index is 0.0338. The van der Waals surface area contributed by atoms with Crippen LogP contribution in [0.15, 0.2) is 24.3 Å². The van der Waals surface area contributed by atoms with Gasteiger partial charge in [-0.15, -0.1) is 0 Å². The summed E-state index contributed by atoms with van der Waals surface area (Å²) < 4.78 is 5.02. The number of hydrogen-bond donors (Lipinski definition) is 0. The molecule has 4 heteroatoms. The first-order valence-electron chi connectivity index (χ1n) is 4.91. The van der Waals surface area contributed by atoms with Crippen molar-refractivity contribution in [3.8, 4) is 11.8 Å². The van der Waals surface area contributed by atoms with Gasteiger partial charge in [0.05, 0.1) is 12.0 Å². The molecule has 1 aromatic rings. The lowest BCUT2D eigenvalue weighted by molar-refractivity contribution is 0.570. The average molecular weight is 254 g/mol. The Morgan fingerprint density at radius 2 is 1.94 bits per heavy atom. The molecule has 0 aliphatic carbocycles. The van der Waals surface area contributed by atoms with Gasteiger partial charge in [0.25, 0.3) is 4.51 Å². The van der Waals surface area contributed by atoms with Crippen molar-refractivity contribution in [3.63, 3.8) is 0 Å². The van der Waals surface area contributed by atoms with E-state index in [9.17, 15) is 0 Å². The standard InChI is InChI=1S/C12H12ClNOS/c1-8(2)11(7-14)9-3-5-10(6-4-9)15-12(13)16/h3-6,8,11H,1-2H3. The number of rotatable bonds is 3. The predicted octanol–water partition coefficient (Wildman–Crippen LogP) is 3.85. The van der Waals surface area contributed by atoms with Crippen LogP contribution in [0.4, 0.5) is 0 Å². The van der Waals surface area contributed by atoms with E-state index in [1.165, 1.54) is 0 Å². The van der Waals surface area contributed by atoms with E-state index in [0.29, 0.717) is 5.75 Å². The molecular formula is C12H12ClNOS. The molecule has 0 saturated heterocycles. The summed E-state index contributed by atoms with van der Waals surface area (Å²) in [6, 6.07) is 9.53. The fourth-order valence-corrected chi connectivity index (χ4v) is 1.63. The van der Waals surface area contributed by atoms with Gasteiger partial charge in [0.2, 0.25) is 0 Å². The highest BCUT2D eigenvalue weighted by Crippen LogP contribution is 2.25. The van der Waals surface area contributed by atoms with E-state index in [1.54, 1.807) is 12.1 Å². The van der Waals surface area contributed by atoms with Gasteiger partial charge >= 0.3 is 0 Å². The second-order valence-electron chi connectivity index (χ2n) is 3.76. The molecule has 0 aliphatic rings. The Hall–Kier alpha value is -1.11. The normalized spacial score (nSPS) is 11.9. The van der Waals surface area contributed by atoms with Crippen LogP contribution in [0.3, 0.4) is 0 Å². The monoisotopic (exact) mass is 253 g/mol. The molecule has 0 N–H and O–H groups in total. The van der Waals surface area contributed by atoms with Crippen LogP contribution in [0.25, 0.3) is 0 Å². The van der Waals surface area contributed by atoms with E-state index in [0.717, 1.165) is 5.56 Å². The van der Waals surface area contributed by atoms with Crippen LogP contribution in [0.2, 0.25) is 0 Å². The summed E-state index contributed by atoms with van der Waals surface area (Å²) in [5, 5.41) is 9.04. The highest BCUT2D eigenvalue weighted by atomic mass is 35.5. The number of nitriles is 1. The van der Waals surface area contributed by atoms with E-state index in [2.05, 4.69) is 18.3 Å². The van der Waals surface area contributed by atoms with Gasteiger partial charge in [0.1, 0.15) is 5.75 Å². The summed E-state index contributed by atoms with van der Waals surface area (Å²) in [7, 11) is 0. The number of thiocarbonyl (C=S) groups is 1. The van der Waals surface area contributed by atoms with Crippen LogP contribution in [-0.2, 0) is 0 Å². The van der Waals surface area contributed by atoms with Crippen LogP contribution >= 0.6 is 23.8 Å². The Labute approximate surface area is 106 Å². The maximum atomic E-state index is 9.04. The fourth-order valence-electron chi connectivity index (χ4n) is 1.44. The van der Waals surface area contributed by atoms with Crippen molar-refractivity contribution in [2.24, 2.45) is 5.92 Å². The third kappa shape index (κ3) is 3.48. The number of halogens is 1. The van der Waals surface area contributed by atoms with Gasteiger partial charge in [-0.1, -0.05) is 26.0 Å². The Kier molecular flexibility index (Phi) is 4.72. The molecular weight excluding hydrogens is 242 g/mol. The first kappa shape index (κ1) is 13.0. The molecule has 1 rings (SSSR count). The Morgan fingerprint density at radius 1 is 1.38 bits per heavy atom. The molecule has 2 nitrogen and oxygen atoms in total. The molecule has 1 unspecified atom stereocenters. The fraction of sp³-hybridized carbons (Fsp3) is 0.333. The molecule has 0 amide bonds. The van der Waals surface area contributed by atoms with Crippen LogP contribution < -0.4 is 4.74 Å². The van der Waals surface area contributed by atoms with E-state index in [1.807, 2.05) is 26.0 Å². The highest BCUT2D eigenvalue weighted by molar-refractivity contribution is 7.82. The maximum Gasteiger partial charge on any atom is 0.260 e. The van der Waals surface area contributed by atoms with Crippen molar-refractivity contribution in [1.29, 1.82) is 5.26 Å². The Morgan fingerprint density at radius 3 is 2.31 bits per heavy atom. The largest absolute Gasteiger partial charge is 0.436 e. The van der Waals surface area contributed by atoms with Gasteiger partial charge < -0.3 is 4.74 Å². The van der Waals surface area contributed by atoms with Crippen LogP contribution in [0.1, 0.15) is 25.3 Å². The second kappa shape index (κ2) is 5.83. The second-order valence-corrected chi connectivity index (χ2v) is 4.70. The average Bonchev–Trinajstić information content (AvgIpc) is 2.20. The molecule has 0 aromatic heterocycles. The lowest BCUT2D eigenvalue weighted by Gasteiger charge is -2.13. The van der Waals surface area contributed by atoms with Crippen molar-refractivity contribution in [3.05, 3.63) is 29.8 Å². The SMILES string of the molecule is CC(C)C(C#N)c1ccc(OC(=S)Cl)cc1.